The van der Waals surface area contributed by atoms with Crippen molar-refractivity contribution in [1.82, 2.24) is 5.32 Å². The highest BCUT2D eigenvalue weighted by Gasteiger charge is 2.48. The molecule has 0 radical (unpaired) electrons. The van der Waals surface area contributed by atoms with Crippen molar-refractivity contribution in [3.8, 4) is 0 Å². The number of halogens is 2. The van der Waals surface area contributed by atoms with E-state index in [9.17, 15) is 14.0 Å². The molecule has 4 nitrogen and oxygen atoms in total. The third-order valence-electron chi connectivity index (χ3n) is 3.65. The van der Waals surface area contributed by atoms with Crippen LogP contribution in [-0.2, 0) is 9.59 Å². The average Bonchev–Trinajstić information content (AvgIpc) is 3.23. The van der Waals surface area contributed by atoms with E-state index in [4.69, 9.17) is 11.6 Å². The monoisotopic (exact) mass is 312 g/mol. The molecule has 3 unspecified atom stereocenters. The van der Waals surface area contributed by atoms with Crippen LogP contribution in [0.5, 0.6) is 0 Å². The van der Waals surface area contributed by atoms with Gasteiger partial charge in [0.25, 0.3) is 0 Å². The first-order valence-electron chi connectivity index (χ1n) is 6.98. The molecule has 1 aliphatic carbocycles. The second-order valence-electron chi connectivity index (χ2n) is 5.38. The summed E-state index contributed by atoms with van der Waals surface area (Å²) in [6.45, 7) is 3.91. The third-order valence-corrected chi connectivity index (χ3v) is 3.94. The van der Waals surface area contributed by atoms with Crippen LogP contribution in [0.1, 0.15) is 26.7 Å². The smallest absolute Gasteiger partial charge is 0.228 e. The first-order valence-corrected chi connectivity index (χ1v) is 7.36. The van der Waals surface area contributed by atoms with Gasteiger partial charge in [-0.1, -0.05) is 18.5 Å². The van der Waals surface area contributed by atoms with Gasteiger partial charge in [0.15, 0.2) is 0 Å². The summed E-state index contributed by atoms with van der Waals surface area (Å²) in [5, 5.41) is 5.47. The summed E-state index contributed by atoms with van der Waals surface area (Å²) >= 11 is 5.65. The standard InChI is InChI=1S/C15H18ClFN2O2/c1-3-8(2)18-14(20)10-7-11(10)15(21)19-9-4-5-13(17)12(16)6-9/h4-6,8,10-11H,3,7H2,1-2H3,(H,18,20)(H,19,21). The maximum Gasteiger partial charge on any atom is 0.228 e. The number of amides is 2. The molecule has 3 atom stereocenters. The largest absolute Gasteiger partial charge is 0.353 e. The molecule has 1 aromatic carbocycles. The number of carbonyl (C=O) groups excluding carboxylic acids is 2. The fourth-order valence-corrected chi connectivity index (χ4v) is 2.22. The number of rotatable bonds is 5. The van der Waals surface area contributed by atoms with Crippen LogP contribution in [0.2, 0.25) is 5.02 Å². The van der Waals surface area contributed by atoms with Crippen molar-refractivity contribution in [2.45, 2.75) is 32.7 Å². The fourth-order valence-electron chi connectivity index (χ4n) is 2.04. The molecule has 114 valence electrons. The zero-order valence-electron chi connectivity index (χ0n) is 12.0. The molecule has 21 heavy (non-hydrogen) atoms. The van der Waals surface area contributed by atoms with Crippen LogP contribution in [0.15, 0.2) is 18.2 Å². The zero-order chi connectivity index (χ0) is 15.6. The molecule has 1 saturated carbocycles. The highest BCUT2D eigenvalue weighted by atomic mass is 35.5. The summed E-state index contributed by atoms with van der Waals surface area (Å²) in [6.07, 6.45) is 1.40. The second kappa shape index (κ2) is 6.43. The van der Waals surface area contributed by atoms with Crippen molar-refractivity contribution in [2.24, 2.45) is 11.8 Å². The summed E-state index contributed by atoms with van der Waals surface area (Å²) in [5.41, 5.74) is 0.430. The molecule has 6 heteroatoms. The number of carbonyl (C=O) groups is 2. The molecule has 0 aromatic heterocycles. The molecule has 0 heterocycles. The molecular weight excluding hydrogens is 295 g/mol. The van der Waals surface area contributed by atoms with Crippen LogP contribution in [0.3, 0.4) is 0 Å². The SMILES string of the molecule is CCC(C)NC(=O)C1CC1C(=O)Nc1ccc(F)c(Cl)c1. The van der Waals surface area contributed by atoms with Gasteiger partial charge in [0.05, 0.1) is 16.9 Å². The maximum absolute atomic E-state index is 13.0. The minimum Gasteiger partial charge on any atom is -0.353 e. The van der Waals surface area contributed by atoms with Crippen molar-refractivity contribution in [3.05, 3.63) is 29.0 Å². The molecule has 0 spiro atoms. The van der Waals surface area contributed by atoms with Gasteiger partial charge in [-0.2, -0.15) is 0 Å². The van der Waals surface area contributed by atoms with Gasteiger partial charge in [0.1, 0.15) is 5.82 Å². The van der Waals surface area contributed by atoms with E-state index in [0.717, 1.165) is 6.42 Å². The third kappa shape index (κ3) is 3.94. The Morgan fingerprint density at radius 3 is 2.67 bits per heavy atom. The summed E-state index contributed by atoms with van der Waals surface area (Å²) in [4.78, 5) is 23.9. The number of nitrogens with one attached hydrogen (secondary N) is 2. The van der Waals surface area contributed by atoms with E-state index < -0.39 is 5.82 Å². The molecular formula is C15H18ClFN2O2. The van der Waals surface area contributed by atoms with Gasteiger partial charge in [-0.25, -0.2) is 4.39 Å². The maximum atomic E-state index is 13.0. The Labute approximate surface area is 128 Å². The van der Waals surface area contributed by atoms with Crippen molar-refractivity contribution < 1.29 is 14.0 Å². The number of benzene rings is 1. The van der Waals surface area contributed by atoms with Gasteiger partial charge in [-0.05, 0) is 38.0 Å². The Kier molecular flexibility index (Phi) is 4.83. The Balaban J connectivity index is 1.88. The molecule has 2 N–H and O–H groups in total. The van der Waals surface area contributed by atoms with Crippen LogP contribution < -0.4 is 10.6 Å². The highest BCUT2D eigenvalue weighted by molar-refractivity contribution is 6.31. The molecule has 1 aliphatic rings. The first kappa shape index (κ1) is 15.8. The number of hydrogen-bond donors (Lipinski definition) is 2. The Morgan fingerprint density at radius 2 is 2.05 bits per heavy atom. The van der Waals surface area contributed by atoms with Crippen LogP contribution in [0, 0.1) is 17.7 Å². The van der Waals surface area contributed by atoms with Gasteiger partial charge in [-0.15, -0.1) is 0 Å². The lowest BCUT2D eigenvalue weighted by Gasteiger charge is -2.11. The second-order valence-corrected chi connectivity index (χ2v) is 5.79. The predicted molar refractivity (Wildman–Crippen MR) is 79.5 cm³/mol. The Bertz CT molecular complexity index is 565. The summed E-state index contributed by atoms with van der Waals surface area (Å²) < 4.78 is 13.0. The van der Waals surface area contributed by atoms with Crippen LogP contribution in [0.25, 0.3) is 0 Å². The van der Waals surface area contributed by atoms with Crippen molar-refractivity contribution in [1.29, 1.82) is 0 Å². The summed E-state index contributed by atoms with van der Waals surface area (Å²) in [5.74, 6) is -1.44. The summed E-state index contributed by atoms with van der Waals surface area (Å²) in [7, 11) is 0. The molecule has 0 bridgehead atoms. The Morgan fingerprint density at radius 1 is 1.38 bits per heavy atom. The summed E-state index contributed by atoms with van der Waals surface area (Å²) in [6, 6.07) is 4.09. The van der Waals surface area contributed by atoms with Crippen molar-refractivity contribution >= 4 is 29.1 Å². The van der Waals surface area contributed by atoms with Crippen LogP contribution in [-0.4, -0.2) is 17.9 Å². The molecule has 1 fully saturated rings. The predicted octanol–water partition coefficient (Wildman–Crippen LogP) is 2.97. The first-order chi connectivity index (χ1) is 9.92. The average molecular weight is 313 g/mol. The zero-order valence-corrected chi connectivity index (χ0v) is 12.7. The Hall–Kier alpha value is -1.62. The highest BCUT2D eigenvalue weighted by Crippen LogP contribution is 2.39. The lowest BCUT2D eigenvalue weighted by Crippen LogP contribution is -2.34. The normalized spacial score (nSPS) is 21.5. The van der Waals surface area contributed by atoms with E-state index in [2.05, 4.69) is 10.6 Å². The van der Waals surface area contributed by atoms with E-state index in [-0.39, 0.29) is 34.7 Å². The minimum absolute atomic E-state index is 0.0466. The van der Waals surface area contributed by atoms with E-state index >= 15 is 0 Å². The van der Waals surface area contributed by atoms with E-state index in [1.54, 1.807) is 0 Å². The van der Waals surface area contributed by atoms with Gasteiger partial charge < -0.3 is 10.6 Å². The van der Waals surface area contributed by atoms with Crippen molar-refractivity contribution in [3.63, 3.8) is 0 Å². The lowest BCUT2D eigenvalue weighted by atomic mass is 10.2. The molecule has 2 amide bonds. The van der Waals surface area contributed by atoms with E-state index in [0.29, 0.717) is 12.1 Å². The van der Waals surface area contributed by atoms with E-state index in [1.807, 2.05) is 13.8 Å². The lowest BCUT2D eigenvalue weighted by molar-refractivity contribution is -0.125. The number of anilines is 1. The van der Waals surface area contributed by atoms with Gasteiger partial charge in [0.2, 0.25) is 11.8 Å². The quantitative estimate of drug-likeness (QED) is 0.878. The fraction of sp³-hybridized carbons (Fsp3) is 0.467. The van der Waals surface area contributed by atoms with Crippen molar-refractivity contribution in [2.75, 3.05) is 5.32 Å². The molecule has 0 aliphatic heterocycles. The van der Waals surface area contributed by atoms with Gasteiger partial charge >= 0.3 is 0 Å². The number of hydrogen-bond acceptors (Lipinski definition) is 2. The molecule has 1 aromatic rings. The van der Waals surface area contributed by atoms with Crippen LogP contribution >= 0.6 is 11.6 Å². The van der Waals surface area contributed by atoms with Gasteiger partial charge in [0, 0.05) is 11.7 Å². The van der Waals surface area contributed by atoms with Crippen LogP contribution in [0.4, 0.5) is 10.1 Å². The van der Waals surface area contributed by atoms with Gasteiger partial charge in [-0.3, -0.25) is 9.59 Å². The minimum atomic E-state index is -0.535. The topological polar surface area (TPSA) is 58.2 Å². The molecule has 2 rings (SSSR count). The molecule has 0 saturated heterocycles. The van der Waals surface area contributed by atoms with E-state index in [1.165, 1.54) is 18.2 Å².